The fourth-order valence-corrected chi connectivity index (χ4v) is 2.44. The van der Waals surface area contributed by atoms with Crippen molar-refractivity contribution in [1.82, 2.24) is 15.1 Å². The lowest BCUT2D eigenvalue weighted by molar-refractivity contribution is 0.0388. The summed E-state index contributed by atoms with van der Waals surface area (Å²) in [7, 11) is 1.82. The van der Waals surface area contributed by atoms with Crippen LogP contribution in [0.5, 0.6) is 0 Å². The molecule has 0 unspecified atom stereocenters. The predicted octanol–water partition coefficient (Wildman–Crippen LogP) is 0.220. The van der Waals surface area contributed by atoms with Gasteiger partial charge in [-0.15, -0.1) is 0 Å². The molecule has 1 fully saturated rings. The van der Waals surface area contributed by atoms with Crippen molar-refractivity contribution < 1.29 is 9.53 Å². The van der Waals surface area contributed by atoms with E-state index in [2.05, 4.69) is 10.4 Å². The summed E-state index contributed by atoms with van der Waals surface area (Å²) in [6.45, 7) is 3.71. The Morgan fingerprint density at radius 1 is 1.58 bits per heavy atom. The van der Waals surface area contributed by atoms with E-state index in [9.17, 15) is 4.79 Å². The molecule has 0 atom stereocenters. The van der Waals surface area contributed by atoms with Gasteiger partial charge in [-0.2, -0.15) is 5.10 Å². The summed E-state index contributed by atoms with van der Waals surface area (Å²) in [5.41, 5.74) is 6.97. The van der Waals surface area contributed by atoms with E-state index >= 15 is 0 Å². The number of nitrogens with zero attached hydrogens (tertiary/aromatic N) is 2. The van der Waals surface area contributed by atoms with Gasteiger partial charge in [-0.3, -0.25) is 9.48 Å². The zero-order valence-corrected chi connectivity index (χ0v) is 11.6. The highest BCUT2D eigenvalue weighted by atomic mass is 16.5. The SMILES string of the molecule is CCc1nn(C)cc1C(=O)NC1(CN)CCOCC1. The van der Waals surface area contributed by atoms with E-state index in [0.717, 1.165) is 25.0 Å². The van der Waals surface area contributed by atoms with Gasteiger partial charge in [0.05, 0.1) is 16.8 Å². The quantitative estimate of drug-likeness (QED) is 0.817. The van der Waals surface area contributed by atoms with Crippen LogP contribution in [0.25, 0.3) is 0 Å². The first-order valence-corrected chi connectivity index (χ1v) is 6.73. The van der Waals surface area contributed by atoms with Crippen molar-refractivity contribution in [3.8, 4) is 0 Å². The fraction of sp³-hybridized carbons (Fsp3) is 0.692. The van der Waals surface area contributed by atoms with Crippen LogP contribution in [0, 0.1) is 0 Å². The molecule has 0 radical (unpaired) electrons. The molecule has 0 saturated carbocycles. The Balaban J connectivity index is 2.14. The molecule has 3 N–H and O–H groups in total. The maximum Gasteiger partial charge on any atom is 0.255 e. The van der Waals surface area contributed by atoms with Crippen LogP contribution >= 0.6 is 0 Å². The molecule has 1 aliphatic heterocycles. The Morgan fingerprint density at radius 2 is 2.26 bits per heavy atom. The van der Waals surface area contributed by atoms with Crippen LogP contribution in [0.2, 0.25) is 0 Å². The third-order valence-corrected chi connectivity index (χ3v) is 3.70. The molecule has 1 aliphatic rings. The number of nitrogens with two attached hydrogens (primary N) is 1. The zero-order valence-electron chi connectivity index (χ0n) is 11.6. The Hall–Kier alpha value is -1.40. The van der Waals surface area contributed by atoms with Crippen molar-refractivity contribution in [2.45, 2.75) is 31.7 Å². The molecule has 1 aromatic rings. The number of rotatable bonds is 4. The third kappa shape index (κ3) is 2.96. The largest absolute Gasteiger partial charge is 0.381 e. The minimum Gasteiger partial charge on any atom is -0.381 e. The van der Waals surface area contributed by atoms with Gasteiger partial charge in [0.15, 0.2) is 0 Å². The third-order valence-electron chi connectivity index (χ3n) is 3.70. The van der Waals surface area contributed by atoms with Crippen LogP contribution in [0.15, 0.2) is 6.20 Å². The lowest BCUT2D eigenvalue weighted by atomic mass is 9.89. The predicted molar refractivity (Wildman–Crippen MR) is 71.9 cm³/mol. The highest BCUT2D eigenvalue weighted by molar-refractivity contribution is 5.95. The first kappa shape index (κ1) is 14.0. The van der Waals surface area contributed by atoms with Gasteiger partial charge in [-0.1, -0.05) is 6.92 Å². The van der Waals surface area contributed by atoms with E-state index < -0.39 is 0 Å². The topological polar surface area (TPSA) is 82.2 Å². The maximum atomic E-state index is 12.4. The number of amides is 1. The van der Waals surface area contributed by atoms with E-state index in [1.807, 2.05) is 14.0 Å². The van der Waals surface area contributed by atoms with Crippen molar-refractivity contribution in [3.63, 3.8) is 0 Å². The molecule has 6 nitrogen and oxygen atoms in total. The first-order valence-electron chi connectivity index (χ1n) is 6.73. The zero-order chi connectivity index (χ0) is 13.9. The minimum atomic E-state index is -0.337. The van der Waals surface area contributed by atoms with Crippen LogP contribution < -0.4 is 11.1 Å². The average Bonchev–Trinajstić information content (AvgIpc) is 2.81. The van der Waals surface area contributed by atoms with Gasteiger partial charge in [0.1, 0.15) is 0 Å². The second-order valence-electron chi connectivity index (χ2n) is 5.07. The van der Waals surface area contributed by atoms with Crippen LogP contribution in [0.1, 0.15) is 35.8 Å². The van der Waals surface area contributed by atoms with Gasteiger partial charge in [0, 0.05) is 33.0 Å². The smallest absolute Gasteiger partial charge is 0.255 e. The van der Waals surface area contributed by atoms with E-state index in [1.165, 1.54) is 0 Å². The maximum absolute atomic E-state index is 12.4. The van der Waals surface area contributed by atoms with Gasteiger partial charge in [0.25, 0.3) is 5.91 Å². The number of hydrogen-bond donors (Lipinski definition) is 2. The van der Waals surface area contributed by atoms with Crippen molar-refractivity contribution >= 4 is 5.91 Å². The second-order valence-corrected chi connectivity index (χ2v) is 5.07. The number of aryl methyl sites for hydroxylation is 2. The van der Waals surface area contributed by atoms with Crippen LogP contribution in [0.3, 0.4) is 0 Å². The van der Waals surface area contributed by atoms with Gasteiger partial charge >= 0.3 is 0 Å². The Bertz CT molecular complexity index is 449. The Morgan fingerprint density at radius 3 is 2.84 bits per heavy atom. The Kier molecular flexibility index (Phi) is 4.21. The van der Waals surface area contributed by atoms with Crippen LogP contribution in [0.4, 0.5) is 0 Å². The molecular formula is C13H22N4O2. The summed E-state index contributed by atoms with van der Waals surface area (Å²) in [6, 6.07) is 0. The molecule has 106 valence electrons. The van der Waals surface area contributed by atoms with Gasteiger partial charge in [-0.05, 0) is 19.3 Å². The molecular weight excluding hydrogens is 244 g/mol. The summed E-state index contributed by atoms with van der Waals surface area (Å²) < 4.78 is 7.01. The van der Waals surface area contributed by atoms with E-state index in [-0.39, 0.29) is 11.4 Å². The van der Waals surface area contributed by atoms with Crippen molar-refractivity contribution in [1.29, 1.82) is 0 Å². The van der Waals surface area contributed by atoms with E-state index in [4.69, 9.17) is 10.5 Å². The summed E-state index contributed by atoms with van der Waals surface area (Å²) in [5, 5.41) is 7.38. The summed E-state index contributed by atoms with van der Waals surface area (Å²) in [4.78, 5) is 12.4. The first-order chi connectivity index (χ1) is 9.10. The van der Waals surface area contributed by atoms with Crippen molar-refractivity contribution in [2.75, 3.05) is 19.8 Å². The highest BCUT2D eigenvalue weighted by Gasteiger charge is 2.33. The number of hydrogen-bond acceptors (Lipinski definition) is 4. The van der Waals surface area contributed by atoms with Gasteiger partial charge in [-0.25, -0.2) is 0 Å². The van der Waals surface area contributed by atoms with E-state index in [1.54, 1.807) is 10.9 Å². The molecule has 0 spiro atoms. The summed E-state index contributed by atoms with van der Waals surface area (Å²) in [6.07, 6.45) is 4.02. The molecule has 2 rings (SSSR count). The normalized spacial score (nSPS) is 18.3. The molecule has 2 heterocycles. The Labute approximate surface area is 113 Å². The van der Waals surface area contributed by atoms with Gasteiger partial charge in [0.2, 0.25) is 0 Å². The monoisotopic (exact) mass is 266 g/mol. The molecule has 19 heavy (non-hydrogen) atoms. The number of nitrogens with one attached hydrogen (secondary N) is 1. The van der Waals surface area contributed by atoms with Crippen LogP contribution in [-0.4, -0.2) is 41.0 Å². The molecule has 0 aliphatic carbocycles. The van der Waals surface area contributed by atoms with Crippen molar-refractivity contribution in [3.05, 3.63) is 17.5 Å². The van der Waals surface area contributed by atoms with Crippen LogP contribution in [-0.2, 0) is 18.2 Å². The standard InChI is InChI=1S/C13H22N4O2/c1-3-11-10(8-17(2)16-11)12(18)15-13(9-14)4-6-19-7-5-13/h8H,3-7,9,14H2,1-2H3,(H,15,18). The molecule has 1 saturated heterocycles. The lowest BCUT2D eigenvalue weighted by Crippen LogP contribution is -2.56. The minimum absolute atomic E-state index is 0.0858. The molecule has 1 amide bonds. The molecule has 6 heteroatoms. The lowest BCUT2D eigenvalue weighted by Gasteiger charge is -2.36. The average molecular weight is 266 g/mol. The van der Waals surface area contributed by atoms with Gasteiger partial charge < -0.3 is 15.8 Å². The number of ether oxygens (including phenoxy) is 1. The number of aromatic nitrogens is 2. The second kappa shape index (κ2) is 5.71. The highest BCUT2D eigenvalue weighted by Crippen LogP contribution is 2.20. The molecule has 1 aromatic heterocycles. The number of carbonyl (C=O) groups excluding carboxylic acids is 1. The molecule has 0 aromatic carbocycles. The summed E-state index contributed by atoms with van der Waals surface area (Å²) >= 11 is 0. The fourth-order valence-electron chi connectivity index (χ4n) is 2.44. The number of carbonyl (C=O) groups is 1. The molecule has 0 bridgehead atoms. The summed E-state index contributed by atoms with van der Waals surface area (Å²) in [5.74, 6) is -0.0858. The van der Waals surface area contributed by atoms with Crippen molar-refractivity contribution in [2.24, 2.45) is 12.8 Å². The van der Waals surface area contributed by atoms with E-state index in [0.29, 0.717) is 25.3 Å².